The van der Waals surface area contributed by atoms with E-state index in [-0.39, 0.29) is 0 Å². The molecule has 1 heteroatoms. The molecule has 0 aromatic rings. The van der Waals surface area contributed by atoms with Crippen LogP contribution in [0.15, 0.2) is 23.8 Å². The van der Waals surface area contributed by atoms with Gasteiger partial charge in [0.1, 0.15) is 0 Å². The molecule has 0 atom stereocenters. The van der Waals surface area contributed by atoms with Crippen LogP contribution in [-0.4, -0.2) is 0 Å². The maximum absolute atomic E-state index is 2.41. The van der Waals surface area contributed by atoms with Crippen molar-refractivity contribution in [3.63, 3.8) is 0 Å². The Morgan fingerprint density at radius 2 is 0.422 bits per heavy atom. The average Bonchev–Trinajstić information content (AvgIpc) is 3.05. The van der Waals surface area contributed by atoms with Gasteiger partial charge in [0.15, 0.2) is 0 Å². The quantitative estimate of drug-likeness (QED) is 0.0459. The topological polar surface area (TPSA) is 0 Å². The lowest BCUT2D eigenvalue weighted by Gasteiger charge is -2.03. The highest BCUT2D eigenvalue weighted by Gasteiger charge is 1.96. The van der Waals surface area contributed by atoms with E-state index in [1.54, 1.807) is 0 Å². The van der Waals surface area contributed by atoms with Crippen LogP contribution in [0, 0.1) is 0 Å². The van der Waals surface area contributed by atoms with Crippen molar-refractivity contribution in [2.75, 3.05) is 0 Å². The maximum atomic E-state index is 2.41. The molecule has 1 radical (unpaired) electrons. The summed E-state index contributed by atoms with van der Waals surface area (Å²) in [5.74, 6) is 4.72. The predicted molar refractivity (Wildman–Crippen MR) is 212 cm³/mol. The predicted octanol–water partition coefficient (Wildman–Crippen LogP) is 17.8. The van der Waals surface area contributed by atoms with Gasteiger partial charge in [-0.2, -0.15) is 0 Å². The summed E-state index contributed by atoms with van der Waals surface area (Å²) in [6.07, 6.45) is 59.9. The zero-order valence-corrected chi connectivity index (χ0v) is 32.5. The minimum absolute atomic E-state index is 1.28. The number of unbranched alkanes of at least 4 members (excludes halogenated alkanes) is 36. The summed E-state index contributed by atoms with van der Waals surface area (Å²) in [6.45, 7) is 4.61. The van der Waals surface area contributed by atoms with Gasteiger partial charge in [-0.3, -0.25) is 0 Å². The number of hydrogen-bond donors (Lipinski definition) is 0. The van der Waals surface area contributed by atoms with Crippen molar-refractivity contribution in [3.8, 4) is 0 Å². The van der Waals surface area contributed by atoms with Crippen LogP contribution in [0.2, 0.25) is 0 Å². The Morgan fingerprint density at radius 3 is 0.622 bits per heavy atom. The van der Waals surface area contributed by atoms with E-state index in [9.17, 15) is 0 Å². The van der Waals surface area contributed by atoms with Gasteiger partial charge in [-0.1, -0.05) is 256 Å². The van der Waals surface area contributed by atoms with E-state index in [0.717, 1.165) is 0 Å². The fourth-order valence-electron chi connectivity index (χ4n) is 6.65. The molecule has 0 spiro atoms. The van der Waals surface area contributed by atoms with E-state index in [1.165, 1.54) is 253 Å². The number of hydrogen-bond acceptors (Lipinski definition) is 0. The Bertz CT molecular complexity index is 501. The second-order valence-electron chi connectivity index (χ2n) is 14.5. The fourth-order valence-corrected chi connectivity index (χ4v) is 7.29. The molecule has 0 saturated heterocycles. The standard InChI is InChI=1S/C44H86P/c1-3-5-7-9-11-13-15-17-19-21-23-25-27-29-31-33-35-37-39-41-43-45-44-42-40-38-36-34-32-30-28-26-24-22-20-18-16-14-12-10-8-6-4-2/h41-44H,3-40H2,1-2H3. The fraction of sp³-hybridized carbons (Fsp3) is 0.909. The van der Waals surface area contributed by atoms with Crippen molar-refractivity contribution >= 4 is 8.58 Å². The summed E-state index contributed by atoms with van der Waals surface area (Å²) >= 11 is 0. The van der Waals surface area contributed by atoms with Gasteiger partial charge in [-0.15, -0.1) is 0 Å². The van der Waals surface area contributed by atoms with Crippen molar-refractivity contribution in [3.05, 3.63) is 23.8 Å². The van der Waals surface area contributed by atoms with Crippen molar-refractivity contribution in [2.24, 2.45) is 0 Å². The molecule has 0 aliphatic heterocycles. The summed E-state index contributed by atoms with van der Waals surface area (Å²) in [7, 11) is 1.38. The van der Waals surface area contributed by atoms with Crippen LogP contribution in [0.3, 0.4) is 0 Å². The lowest BCUT2D eigenvalue weighted by Crippen LogP contribution is -1.84. The third-order valence-electron chi connectivity index (χ3n) is 9.83. The molecule has 0 unspecified atom stereocenters. The number of rotatable bonds is 40. The SMILES string of the molecule is CCCCCCCCCCCCCCCCCCCCC=C[P]C=CCCCCCCCCCCCCCCCCCCCC. The van der Waals surface area contributed by atoms with Crippen molar-refractivity contribution < 1.29 is 0 Å². The minimum Gasteiger partial charge on any atom is -0.0834 e. The van der Waals surface area contributed by atoms with Gasteiger partial charge < -0.3 is 0 Å². The highest BCUT2D eigenvalue weighted by Crippen LogP contribution is 2.18. The van der Waals surface area contributed by atoms with Crippen LogP contribution < -0.4 is 0 Å². The normalized spacial score (nSPS) is 12.2. The van der Waals surface area contributed by atoms with E-state index in [4.69, 9.17) is 0 Å². The molecule has 0 aromatic carbocycles. The summed E-state index contributed by atoms with van der Waals surface area (Å²) in [5, 5.41) is 0. The Hall–Kier alpha value is -0.0900. The van der Waals surface area contributed by atoms with Gasteiger partial charge in [0, 0.05) is 0 Å². The summed E-state index contributed by atoms with van der Waals surface area (Å²) in [5.41, 5.74) is 0. The monoisotopic (exact) mass is 646 g/mol. The Labute approximate surface area is 289 Å². The molecular weight excluding hydrogens is 559 g/mol. The van der Waals surface area contributed by atoms with Crippen LogP contribution >= 0.6 is 8.58 Å². The van der Waals surface area contributed by atoms with E-state index in [1.807, 2.05) is 0 Å². The first kappa shape index (κ1) is 44.9. The van der Waals surface area contributed by atoms with Gasteiger partial charge in [-0.05, 0) is 34.3 Å². The first-order valence-corrected chi connectivity index (χ1v) is 22.4. The number of allylic oxidation sites excluding steroid dienone is 2. The largest absolute Gasteiger partial charge is 0.0834 e. The molecule has 267 valence electrons. The highest BCUT2D eigenvalue weighted by molar-refractivity contribution is 7.45. The average molecular weight is 646 g/mol. The summed E-state index contributed by atoms with van der Waals surface area (Å²) < 4.78 is 0. The molecule has 0 aliphatic rings. The molecule has 45 heavy (non-hydrogen) atoms. The van der Waals surface area contributed by atoms with Crippen LogP contribution in [-0.2, 0) is 0 Å². The minimum atomic E-state index is 1.28. The van der Waals surface area contributed by atoms with Crippen LogP contribution in [0.25, 0.3) is 0 Å². The molecule has 0 bridgehead atoms. The third kappa shape index (κ3) is 43.9. The Kier molecular flexibility index (Phi) is 43.8. The molecule has 0 saturated carbocycles. The van der Waals surface area contributed by atoms with E-state index in [2.05, 4.69) is 37.6 Å². The zero-order chi connectivity index (χ0) is 32.4. The molecule has 0 nitrogen and oxygen atoms in total. The first-order chi connectivity index (χ1) is 22.4. The maximum Gasteiger partial charge on any atom is -0.0267 e. The summed E-state index contributed by atoms with van der Waals surface area (Å²) in [4.78, 5) is 0. The molecule has 0 heterocycles. The van der Waals surface area contributed by atoms with Gasteiger partial charge >= 0.3 is 0 Å². The van der Waals surface area contributed by atoms with Crippen LogP contribution in [0.5, 0.6) is 0 Å². The second kappa shape index (κ2) is 43.9. The highest BCUT2D eigenvalue weighted by atomic mass is 31.1. The lowest BCUT2D eigenvalue weighted by atomic mass is 10.0. The van der Waals surface area contributed by atoms with Crippen LogP contribution in [0.1, 0.15) is 258 Å². The van der Waals surface area contributed by atoms with E-state index < -0.39 is 0 Å². The smallest absolute Gasteiger partial charge is 0.0267 e. The molecule has 0 aromatic heterocycles. The third-order valence-corrected chi connectivity index (χ3v) is 10.6. The van der Waals surface area contributed by atoms with Crippen LogP contribution in [0.4, 0.5) is 0 Å². The molecule has 0 rings (SSSR count). The second-order valence-corrected chi connectivity index (χ2v) is 15.4. The first-order valence-electron chi connectivity index (χ1n) is 21.4. The van der Waals surface area contributed by atoms with Crippen molar-refractivity contribution in [1.82, 2.24) is 0 Å². The Balaban J connectivity index is 3.14. The molecule has 0 amide bonds. The zero-order valence-electron chi connectivity index (χ0n) is 31.6. The molecule has 0 N–H and O–H groups in total. The van der Waals surface area contributed by atoms with E-state index in [0.29, 0.717) is 0 Å². The van der Waals surface area contributed by atoms with Gasteiger partial charge in [0.25, 0.3) is 0 Å². The summed E-state index contributed by atoms with van der Waals surface area (Å²) in [6, 6.07) is 0. The van der Waals surface area contributed by atoms with Gasteiger partial charge in [0.2, 0.25) is 0 Å². The van der Waals surface area contributed by atoms with E-state index >= 15 is 0 Å². The Morgan fingerprint density at radius 1 is 0.244 bits per heavy atom. The van der Waals surface area contributed by atoms with Gasteiger partial charge in [0.05, 0.1) is 0 Å². The lowest BCUT2D eigenvalue weighted by molar-refractivity contribution is 0.525. The van der Waals surface area contributed by atoms with Crippen molar-refractivity contribution in [1.29, 1.82) is 0 Å². The van der Waals surface area contributed by atoms with Crippen molar-refractivity contribution in [2.45, 2.75) is 258 Å². The molecular formula is C44H86P. The van der Waals surface area contributed by atoms with Gasteiger partial charge in [-0.25, -0.2) is 0 Å². The molecule has 0 aliphatic carbocycles. The molecule has 0 fully saturated rings.